The maximum absolute atomic E-state index is 12.1. The van der Waals surface area contributed by atoms with E-state index >= 15 is 0 Å². The van der Waals surface area contributed by atoms with Gasteiger partial charge in [-0.15, -0.1) is 12.4 Å². The largest absolute Gasteiger partial charge is 0.467 e. The van der Waals surface area contributed by atoms with Crippen molar-refractivity contribution in [2.75, 3.05) is 5.32 Å². The highest BCUT2D eigenvalue weighted by Gasteiger charge is 2.30. The Morgan fingerprint density at radius 1 is 1.28 bits per heavy atom. The molecular formula is C18H22ClN3O3. The molecule has 1 heterocycles. The molecule has 0 aliphatic heterocycles. The topological polar surface area (TPSA) is 88.6 Å². The maximum Gasteiger partial charge on any atom is 0.258 e. The summed E-state index contributed by atoms with van der Waals surface area (Å²) in [7, 11) is 0. The first kappa shape index (κ1) is 19.0. The molecule has 0 unspecified atom stereocenters. The molecule has 1 aromatic carbocycles. The third-order valence-corrected chi connectivity index (χ3v) is 4.07. The summed E-state index contributed by atoms with van der Waals surface area (Å²) in [4.78, 5) is 25.7. The predicted molar refractivity (Wildman–Crippen MR) is 97.5 cm³/mol. The van der Waals surface area contributed by atoms with Gasteiger partial charge in [0, 0.05) is 25.2 Å². The SMILES string of the molecule is CC(=O)N(Cc1ccc(NC(=O)c2coc(CN)c2)cc1)C1CC1.Cl. The minimum atomic E-state index is -0.241. The Hall–Kier alpha value is -2.31. The number of anilines is 1. The van der Waals surface area contributed by atoms with Gasteiger partial charge in [0.15, 0.2) is 0 Å². The normalized spacial score (nSPS) is 13.0. The molecule has 0 spiro atoms. The van der Waals surface area contributed by atoms with Crippen molar-refractivity contribution in [3.05, 3.63) is 53.5 Å². The lowest BCUT2D eigenvalue weighted by atomic mass is 10.2. The maximum atomic E-state index is 12.1. The molecule has 2 amide bonds. The van der Waals surface area contributed by atoms with Crippen LogP contribution in [0, 0.1) is 0 Å². The number of furan rings is 1. The molecule has 1 aromatic heterocycles. The molecule has 0 radical (unpaired) electrons. The predicted octanol–water partition coefficient (Wildman–Crippen LogP) is 2.92. The molecule has 1 fully saturated rings. The third kappa shape index (κ3) is 4.84. The zero-order valence-corrected chi connectivity index (χ0v) is 14.8. The molecule has 2 aromatic rings. The number of hydrogen-bond donors (Lipinski definition) is 2. The fraction of sp³-hybridized carbons (Fsp3) is 0.333. The fourth-order valence-corrected chi connectivity index (χ4v) is 2.58. The molecular weight excluding hydrogens is 342 g/mol. The van der Waals surface area contributed by atoms with E-state index in [1.165, 1.54) is 6.26 Å². The second kappa shape index (κ2) is 8.18. The number of amides is 2. The zero-order chi connectivity index (χ0) is 17.1. The van der Waals surface area contributed by atoms with Crippen molar-refractivity contribution in [2.24, 2.45) is 5.73 Å². The van der Waals surface area contributed by atoms with E-state index in [-0.39, 0.29) is 30.8 Å². The van der Waals surface area contributed by atoms with E-state index < -0.39 is 0 Å². The van der Waals surface area contributed by atoms with Gasteiger partial charge in [0.05, 0.1) is 12.1 Å². The van der Waals surface area contributed by atoms with E-state index in [2.05, 4.69) is 5.32 Å². The summed E-state index contributed by atoms with van der Waals surface area (Å²) in [5.41, 5.74) is 7.65. The number of nitrogens with zero attached hydrogens (tertiary/aromatic N) is 1. The summed E-state index contributed by atoms with van der Waals surface area (Å²) in [5, 5.41) is 2.81. The molecule has 1 aliphatic rings. The number of nitrogens with one attached hydrogen (secondary N) is 1. The van der Waals surface area contributed by atoms with Gasteiger partial charge in [-0.2, -0.15) is 0 Å². The van der Waals surface area contributed by atoms with Crippen molar-refractivity contribution >= 4 is 29.9 Å². The Bertz CT molecular complexity index is 738. The Morgan fingerprint density at radius 2 is 1.96 bits per heavy atom. The van der Waals surface area contributed by atoms with Crippen LogP contribution in [0.15, 0.2) is 41.0 Å². The average molecular weight is 364 g/mol. The van der Waals surface area contributed by atoms with Crippen molar-refractivity contribution in [3.8, 4) is 0 Å². The van der Waals surface area contributed by atoms with Crippen molar-refractivity contribution < 1.29 is 14.0 Å². The minimum absolute atomic E-state index is 0. The summed E-state index contributed by atoms with van der Waals surface area (Å²) in [6.45, 7) is 2.47. The number of benzene rings is 1. The Morgan fingerprint density at radius 3 is 2.48 bits per heavy atom. The summed E-state index contributed by atoms with van der Waals surface area (Å²) in [6, 6.07) is 9.54. The third-order valence-electron chi connectivity index (χ3n) is 4.07. The highest BCUT2D eigenvalue weighted by atomic mass is 35.5. The van der Waals surface area contributed by atoms with Gasteiger partial charge in [-0.05, 0) is 36.6 Å². The lowest BCUT2D eigenvalue weighted by molar-refractivity contribution is -0.130. The minimum Gasteiger partial charge on any atom is -0.467 e. The number of nitrogens with two attached hydrogens (primary N) is 1. The number of rotatable bonds is 6. The molecule has 1 aliphatic carbocycles. The van der Waals surface area contributed by atoms with Gasteiger partial charge in [0.25, 0.3) is 5.91 Å². The monoisotopic (exact) mass is 363 g/mol. The molecule has 25 heavy (non-hydrogen) atoms. The van der Waals surface area contributed by atoms with E-state index in [0.29, 0.717) is 29.6 Å². The van der Waals surface area contributed by atoms with Crippen molar-refractivity contribution in [3.63, 3.8) is 0 Å². The van der Waals surface area contributed by atoms with E-state index in [1.807, 2.05) is 29.2 Å². The quantitative estimate of drug-likeness (QED) is 0.825. The Balaban J connectivity index is 0.00000225. The van der Waals surface area contributed by atoms with E-state index in [1.54, 1.807) is 13.0 Å². The standard InChI is InChI=1S/C18H21N3O3.ClH/c1-12(22)21(16-6-7-16)10-13-2-4-15(5-3-13)20-18(23)14-8-17(9-19)24-11-14;/h2-5,8,11,16H,6-7,9-10,19H2,1H3,(H,20,23);1H. The molecule has 3 rings (SSSR count). The molecule has 6 nitrogen and oxygen atoms in total. The zero-order valence-electron chi connectivity index (χ0n) is 14.0. The van der Waals surface area contributed by atoms with Gasteiger partial charge >= 0.3 is 0 Å². The van der Waals surface area contributed by atoms with Crippen LogP contribution in [0.4, 0.5) is 5.69 Å². The number of carbonyl (C=O) groups is 2. The highest BCUT2D eigenvalue weighted by Crippen LogP contribution is 2.28. The first-order chi connectivity index (χ1) is 11.6. The number of carbonyl (C=O) groups excluding carboxylic acids is 2. The van der Waals surface area contributed by atoms with Gasteiger partial charge in [-0.3, -0.25) is 9.59 Å². The molecule has 0 atom stereocenters. The smallest absolute Gasteiger partial charge is 0.258 e. The van der Waals surface area contributed by atoms with Gasteiger partial charge in [-0.25, -0.2) is 0 Å². The molecule has 7 heteroatoms. The molecule has 1 saturated carbocycles. The fourth-order valence-electron chi connectivity index (χ4n) is 2.58. The van der Waals surface area contributed by atoms with Crippen LogP contribution in [0.3, 0.4) is 0 Å². The number of hydrogen-bond acceptors (Lipinski definition) is 4. The first-order valence-corrected chi connectivity index (χ1v) is 8.02. The summed E-state index contributed by atoms with van der Waals surface area (Å²) < 4.78 is 5.16. The van der Waals surface area contributed by atoms with E-state index in [0.717, 1.165) is 18.4 Å². The lowest BCUT2D eigenvalue weighted by Gasteiger charge is -2.20. The van der Waals surface area contributed by atoms with Gasteiger partial charge < -0.3 is 20.4 Å². The Kier molecular flexibility index (Phi) is 6.22. The van der Waals surface area contributed by atoms with Gasteiger partial charge in [0.1, 0.15) is 12.0 Å². The average Bonchev–Trinajstić information content (AvgIpc) is 3.29. The van der Waals surface area contributed by atoms with Crippen LogP contribution in [0.2, 0.25) is 0 Å². The van der Waals surface area contributed by atoms with Crippen LogP contribution in [0.25, 0.3) is 0 Å². The second-order valence-electron chi connectivity index (χ2n) is 6.03. The van der Waals surface area contributed by atoms with Crippen LogP contribution in [-0.2, 0) is 17.9 Å². The Labute approximate surface area is 152 Å². The van der Waals surface area contributed by atoms with Crippen LogP contribution >= 0.6 is 12.4 Å². The summed E-state index contributed by atoms with van der Waals surface area (Å²) >= 11 is 0. The lowest BCUT2D eigenvalue weighted by Crippen LogP contribution is -2.30. The summed E-state index contributed by atoms with van der Waals surface area (Å²) in [6.07, 6.45) is 3.57. The molecule has 3 N–H and O–H groups in total. The molecule has 134 valence electrons. The van der Waals surface area contributed by atoms with Crippen LogP contribution in [-0.4, -0.2) is 22.8 Å². The van der Waals surface area contributed by atoms with Crippen LogP contribution in [0.5, 0.6) is 0 Å². The second-order valence-corrected chi connectivity index (χ2v) is 6.03. The van der Waals surface area contributed by atoms with E-state index in [4.69, 9.17) is 10.2 Å². The van der Waals surface area contributed by atoms with Gasteiger partial charge in [0.2, 0.25) is 5.91 Å². The van der Waals surface area contributed by atoms with Crippen molar-refractivity contribution in [1.82, 2.24) is 4.90 Å². The number of halogens is 1. The summed E-state index contributed by atoms with van der Waals surface area (Å²) in [5.74, 6) is 0.431. The highest BCUT2D eigenvalue weighted by molar-refractivity contribution is 6.04. The van der Waals surface area contributed by atoms with Crippen LogP contribution in [0.1, 0.15) is 41.4 Å². The first-order valence-electron chi connectivity index (χ1n) is 8.02. The van der Waals surface area contributed by atoms with Crippen molar-refractivity contribution in [2.45, 2.75) is 38.9 Å². The van der Waals surface area contributed by atoms with Crippen LogP contribution < -0.4 is 11.1 Å². The van der Waals surface area contributed by atoms with Gasteiger partial charge in [-0.1, -0.05) is 12.1 Å². The molecule has 0 bridgehead atoms. The molecule has 0 saturated heterocycles. The van der Waals surface area contributed by atoms with E-state index in [9.17, 15) is 9.59 Å². The van der Waals surface area contributed by atoms with Crippen molar-refractivity contribution in [1.29, 1.82) is 0 Å².